The topological polar surface area (TPSA) is 21.6 Å². The van der Waals surface area contributed by atoms with Gasteiger partial charge >= 0.3 is 0 Å². The average molecular weight is 185 g/mol. The molecule has 0 N–H and O–H groups in total. The van der Waals surface area contributed by atoms with Crippen molar-refractivity contribution >= 4 is 6.21 Å². The third-order valence-corrected chi connectivity index (χ3v) is 1.49. The molecule has 0 unspecified atom stereocenters. The van der Waals surface area contributed by atoms with Crippen LogP contribution < -0.4 is 0 Å². The fraction of sp³-hybridized carbons (Fsp3) is 0.222. The number of hydrogen-bond acceptors (Lipinski definition) is 2. The van der Waals surface area contributed by atoms with Crippen molar-refractivity contribution in [3.8, 4) is 0 Å². The number of rotatable bonds is 3. The lowest BCUT2D eigenvalue weighted by molar-refractivity contribution is 0.215. The molecule has 0 saturated carbocycles. The number of benzene rings is 1. The Morgan fingerprint density at radius 2 is 2.15 bits per heavy atom. The summed E-state index contributed by atoms with van der Waals surface area (Å²) in [5.41, 5.74) is 0.653. The van der Waals surface area contributed by atoms with Gasteiger partial charge < -0.3 is 4.84 Å². The van der Waals surface area contributed by atoms with Gasteiger partial charge in [-0.1, -0.05) is 11.2 Å². The Kier molecular flexibility index (Phi) is 3.37. The van der Waals surface area contributed by atoms with E-state index in [-0.39, 0.29) is 0 Å². The third-order valence-electron chi connectivity index (χ3n) is 1.49. The van der Waals surface area contributed by atoms with Gasteiger partial charge in [0, 0.05) is 12.6 Å². The molecule has 1 aromatic carbocycles. The van der Waals surface area contributed by atoms with Crippen LogP contribution >= 0.6 is 0 Å². The van der Waals surface area contributed by atoms with Crippen LogP contribution in [0.15, 0.2) is 23.4 Å². The third kappa shape index (κ3) is 2.82. The predicted octanol–water partition coefficient (Wildman–Crippen LogP) is 2.14. The Morgan fingerprint density at radius 1 is 1.38 bits per heavy atom. The van der Waals surface area contributed by atoms with Crippen LogP contribution in [0, 0.1) is 11.6 Å². The molecule has 4 heteroatoms. The maximum atomic E-state index is 12.6. The number of oxime groups is 1. The molecule has 0 aromatic heterocycles. The quantitative estimate of drug-likeness (QED) is 0.522. The monoisotopic (exact) mass is 185 g/mol. The molecule has 2 nitrogen and oxygen atoms in total. The molecule has 1 rings (SSSR count). The van der Waals surface area contributed by atoms with Crippen LogP contribution in [0.1, 0.15) is 5.56 Å². The molecule has 0 bridgehead atoms. The van der Waals surface area contributed by atoms with Gasteiger partial charge in [-0.2, -0.15) is 0 Å². The summed E-state index contributed by atoms with van der Waals surface area (Å²) in [5.74, 6) is -1.68. The van der Waals surface area contributed by atoms with Crippen LogP contribution in [-0.2, 0) is 11.3 Å². The minimum absolute atomic E-state index is 0.422. The zero-order valence-electron chi connectivity index (χ0n) is 7.13. The Bertz CT molecular complexity index is 312. The van der Waals surface area contributed by atoms with Crippen molar-refractivity contribution in [1.29, 1.82) is 0 Å². The zero-order chi connectivity index (χ0) is 9.68. The molecular formula is C9H9F2NO. The second kappa shape index (κ2) is 4.54. The van der Waals surface area contributed by atoms with E-state index >= 15 is 0 Å². The first-order valence-electron chi connectivity index (χ1n) is 3.73. The van der Waals surface area contributed by atoms with Gasteiger partial charge in [0.05, 0.1) is 0 Å². The lowest BCUT2D eigenvalue weighted by Gasteiger charge is -1.96. The van der Waals surface area contributed by atoms with Crippen LogP contribution in [-0.4, -0.2) is 13.3 Å². The molecule has 0 fully saturated rings. The SMILES string of the molecule is CON=CCc1ccc(F)c(F)c1. The number of hydrogen-bond donors (Lipinski definition) is 0. The van der Waals surface area contributed by atoms with Crippen molar-refractivity contribution in [2.75, 3.05) is 7.11 Å². The summed E-state index contributed by atoms with van der Waals surface area (Å²) in [4.78, 5) is 4.42. The largest absolute Gasteiger partial charge is 0.399 e. The fourth-order valence-electron chi connectivity index (χ4n) is 0.884. The second-order valence-electron chi connectivity index (χ2n) is 2.42. The Morgan fingerprint density at radius 3 is 2.77 bits per heavy atom. The van der Waals surface area contributed by atoms with Crippen LogP contribution in [0.3, 0.4) is 0 Å². The number of halogens is 2. The summed E-state index contributed by atoms with van der Waals surface area (Å²) >= 11 is 0. The van der Waals surface area contributed by atoms with Gasteiger partial charge in [0.15, 0.2) is 11.6 Å². The molecule has 0 saturated heterocycles. The van der Waals surface area contributed by atoms with Crippen LogP contribution in [0.25, 0.3) is 0 Å². The zero-order valence-corrected chi connectivity index (χ0v) is 7.13. The summed E-state index contributed by atoms with van der Waals surface area (Å²) < 4.78 is 25.1. The van der Waals surface area contributed by atoms with E-state index in [4.69, 9.17) is 0 Å². The van der Waals surface area contributed by atoms with E-state index in [2.05, 4.69) is 9.99 Å². The molecule has 0 heterocycles. The van der Waals surface area contributed by atoms with Gasteiger partial charge in [0.2, 0.25) is 0 Å². The van der Waals surface area contributed by atoms with E-state index in [9.17, 15) is 8.78 Å². The van der Waals surface area contributed by atoms with Crippen molar-refractivity contribution in [3.05, 3.63) is 35.4 Å². The highest BCUT2D eigenvalue weighted by Gasteiger charge is 2.00. The molecule has 70 valence electrons. The molecule has 0 aliphatic rings. The predicted molar refractivity (Wildman–Crippen MR) is 45.6 cm³/mol. The van der Waals surface area contributed by atoms with E-state index in [1.165, 1.54) is 19.4 Å². The van der Waals surface area contributed by atoms with Gasteiger partial charge in [-0.05, 0) is 17.7 Å². The summed E-state index contributed by atoms with van der Waals surface area (Å²) in [6.07, 6.45) is 1.90. The first kappa shape index (κ1) is 9.64. The maximum Gasteiger partial charge on any atom is 0.159 e. The van der Waals surface area contributed by atoms with E-state index in [0.717, 1.165) is 12.1 Å². The van der Waals surface area contributed by atoms with Crippen LogP contribution in [0.2, 0.25) is 0 Å². The fourth-order valence-corrected chi connectivity index (χ4v) is 0.884. The van der Waals surface area contributed by atoms with Crippen molar-refractivity contribution in [1.82, 2.24) is 0 Å². The van der Waals surface area contributed by atoms with E-state index < -0.39 is 11.6 Å². The molecule has 1 aromatic rings. The van der Waals surface area contributed by atoms with Crippen LogP contribution in [0.5, 0.6) is 0 Å². The second-order valence-corrected chi connectivity index (χ2v) is 2.42. The highest BCUT2D eigenvalue weighted by Crippen LogP contribution is 2.08. The van der Waals surface area contributed by atoms with Gasteiger partial charge in [-0.25, -0.2) is 8.78 Å². The number of nitrogens with zero attached hydrogens (tertiary/aromatic N) is 1. The Hall–Kier alpha value is -1.45. The smallest absolute Gasteiger partial charge is 0.159 e. The molecule has 0 radical (unpaired) electrons. The summed E-state index contributed by atoms with van der Waals surface area (Å²) in [5, 5.41) is 3.48. The molecule has 0 spiro atoms. The highest BCUT2D eigenvalue weighted by molar-refractivity contribution is 5.60. The first-order chi connectivity index (χ1) is 6.24. The summed E-state index contributed by atoms with van der Waals surface area (Å²) in [6.45, 7) is 0. The van der Waals surface area contributed by atoms with Gasteiger partial charge in [0.25, 0.3) is 0 Å². The molecule has 0 atom stereocenters. The maximum absolute atomic E-state index is 12.6. The minimum atomic E-state index is -0.844. The van der Waals surface area contributed by atoms with Crippen molar-refractivity contribution in [2.24, 2.45) is 5.16 Å². The molecular weight excluding hydrogens is 176 g/mol. The lowest BCUT2D eigenvalue weighted by atomic mass is 10.1. The van der Waals surface area contributed by atoms with Crippen molar-refractivity contribution in [2.45, 2.75) is 6.42 Å². The van der Waals surface area contributed by atoms with E-state index in [1.54, 1.807) is 0 Å². The molecule has 0 aliphatic heterocycles. The van der Waals surface area contributed by atoms with Crippen molar-refractivity contribution < 1.29 is 13.6 Å². The summed E-state index contributed by atoms with van der Waals surface area (Å²) in [7, 11) is 1.42. The average Bonchev–Trinajstić information content (AvgIpc) is 2.12. The van der Waals surface area contributed by atoms with E-state index in [0.29, 0.717) is 12.0 Å². The van der Waals surface area contributed by atoms with E-state index in [1.807, 2.05) is 0 Å². The lowest BCUT2D eigenvalue weighted by Crippen LogP contribution is -1.90. The summed E-state index contributed by atoms with van der Waals surface area (Å²) in [6, 6.07) is 3.72. The minimum Gasteiger partial charge on any atom is -0.399 e. The van der Waals surface area contributed by atoms with Gasteiger partial charge in [-0.3, -0.25) is 0 Å². The van der Waals surface area contributed by atoms with Crippen molar-refractivity contribution in [3.63, 3.8) is 0 Å². The van der Waals surface area contributed by atoms with Gasteiger partial charge in [0.1, 0.15) is 7.11 Å². The molecule has 0 amide bonds. The van der Waals surface area contributed by atoms with Gasteiger partial charge in [-0.15, -0.1) is 0 Å². The standard InChI is InChI=1S/C9H9F2NO/c1-13-12-5-4-7-2-3-8(10)9(11)6-7/h2-3,5-6H,4H2,1H3. The Labute approximate surface area is 74.8 Å². The molecule has 13 heavy (non-hydrogen) atoms. The highest BCUT2D eigenvalue weighted by atomic mass is 19.2. The van der Waals surface area contributed by atoms with Crippen LogP contribution in [0.4, 0.5) is 8.78 Å². The Balaban J connectivity index is 2.68. The first-order valence-corrected chi connectivity index (χ1v) is 3.73. The molecule has 0 aliphatic carbocycles. The normalized spacial score (nSPS) is 10.7.